The van der Waals surface area contributed by atoms with E-state index in [0.717, 1.165) is 10.1 Å². The number of thiophene rings is 1. The Morgan fingerprint density at radius 2 is 2.07 bits per heavy atom. The summed E-state index contributed by atoms with van der Waals surface area (Å²) in [5.41, 5.74) is -0.0772. The number of carbonyl (C=O) groups is 1. The third-order valence-electron chi connectivity index (χ3n) is 4.39. The minimum absolute atomic E-state index is 0.0772. The van der Waals surface area contributed by atoms with Crippen LogP contribution in [0.5, 0.6) is 17.2 Å². The van der Waals surface area contributed by atoms with Crippen LogP contribution in [0.15, 0.2) is 12.1 Å². The molecule has 0 spiro atoms. The fourth-order valence-electron chi connectivity index (χ4n) is 2.85. The molecule has 1 aliphatic heterocycles. The Morgan fingerprint density at radius 3 is 2.68 bits per heavy atom. The van der Waals surface area contributed by atoms with E-state index >= 15 is 0 Å². The molecule has 2 aromatic heterocycles. The van der Waals surface area contributed by atoms with Gasteiger partial charge < -0.3 is 18.9 Å². The second kappa shape index (κ2) is 7.24. The van der Waals surface area contributed by atoms with Gasteiger partial charge in [-0.1, -0.05) is 12.0 Å². The molecule has 11 heteroatoms. The fourth-order valence-corrected chi connectivity index (χ4v) is 3.90. The molecule has 2 N–H and O–H groups in total. The fraction of sp³-hybridized carbons (Fsp3) is 0.412. The average Bonchev–Trinajstić information content (AvgIpc) is 3.30. The van der Waals surface area contributed by atoms with E-state index in [1.807, 2.05) is 12.1 Å². The van der Waals surface area contributed by atoms with Crippen LogP contribution in [-0.4, -0.2) is 60.6 Å². The first-order valence-corrected chi connectivity index (χ1v) is 9.28. The lowest BCUT2D eigenvalue weighted by molar-refractivity contribution is -0.120. The molecule has 148 valence electrons. The van der Waals surface area contributed by atoms with Crippen LogP contribution in [0.3, 0.4) is 0 Å². The number of nitrogens with zero attached hydrogens (tertiary/aromatic N) is 3. The average molecular weight is 405 g/mol. The van der Waals surface area contributed by atoms with Gasteiger partial charge in [-0.05, 0) is 11.3 Å². The summed E-state index contributed by atoms with van der Waals surface area (Å²) < 4.78 is 23.0. The molecule has 0 bridgehead atoms. The zero-order chi connectivity index (χ0) is 19.7. The highest BCUT2D eigenvalue weighted by molar-refractivity contribution is 7.21. The van der Waals surface area contributed by atoms with Crippen LogP contribution in [0.4, 0.5) is 5.95 Å². The third kappa shape index (κ3) is 3.34. The number of tetrazole rings is 1. The minimum Gasteiger partial charge on any atom is -0.493 e. The van der Waals surface area contributed by atoms with Crippen LogP contribution in [0.25, 0.3) is 10.1 Å². The number of anilines is 1. The molecular formula is C17H19N5O5S. The number of H-pyrrole nitrogens is 1. The summed E-state index contributed by atoms with van der Waals surface area (Å²) in [6, 6.07) is 3.63. The topological polar surface area (TPSA) is 120 Å². The molecule has 1 aromatic carbocycles. The van der Waals surface area contributed by atoms with Crippen LogP contribution in [0.1, 0.15) is 16.6 Å². The first-order valence-electron chi connectivity index (χ1n) is 8.47. The SMILES string of the molecule is COc1cc2sc(C(=O)Nc3nn[nH]n3)c(OCC3(C)COC3)c2cc1OC. The Bertz CT molecular complexity index is 999. The summed E-state index contributed by atoms with van der Waals surface area (Å²) >= 11 is 1.29. The first kappa shape index (κ1) is 18.4. The molecule has 0 atom stereocenters. The summed E-state index contributed by atoms with van der Waals surface area (Å²) in [6.45, 7) is 3.75. The predicted molar refractivity (Wildman–Crippen MR) is 101 cm³/mol. The second-order valence-electron chi connectivity index (χ2n) is 6.75. The van der Waals surface area contributed by atoms with Crippen molar-refractivity contribution in [3.05, 3.63) is 17.0 Å². The summed E-state index contributed by atoms with van der Waals surface area (Å²) in [7, 11) is 3.13. The lowest BCUT2D eigenvalue weighted by Crippen LogP contribution is -2.44. The lowest BCUT2D eigenvalue weighted by Gasteiger charge is -2.37. The van der Waals surface area contributed by atoms with E-state index in [2.05, 4.69) is 32.9 Å². The number of fused-ring (bicyclic) bond motifs is 1. The number of hydrogen-bond donors (Lipinski definition) is 2. The van der Waals surface area contributed by atoms with Crippen LogP contribution >= 0.6 is 11.3 Å². The smallest absolute Gasteiger partial charge is 0.272 e. The van der Waals surface area contributed by atoms with Gasteiger partial charge in [0.25, 0.3) is 11.9 Å². The number of aromatic nitrogens is 4. The minimum atomic E-state index is -0.384. The van der Waals surface area contributed by atoms with Crippen molar-refractivity contribution in [2.24, 2.45) is 5.41 Å². The summed E-state index contributed by atoms with van der Waals surface area (Å²) in [5.74, 6) is 1.32. The van der Waals surface area contributed by atoms with E-state index < -0.39 is 0 Å². The number of aromatic amines is 1. The maximum Gasteiger partial charge on any atom is 0.272 e. The third-order valence-corrected chi connectivity index (χ3v) is 5.52. The van der Waals surface area contributed by atoms with Gasteiger partial charge in [0.1, 0.15) is 4.88 Å². The molecule has 1 fully saturated rings. The highest BCUT2D eigenvalue weighted by Gasteiger charge is 2.35. The molecule has 3 heterocycles. The number of methoxy groups -OCH3 is 2. The largest absolute Gasteiger partial charge is 0.493 e. The summed E-state index contributed by atoms with van der Waals surface area (Å²) in [6.07, 6.45) is 0. The molecule has 0 saturated carbocycles. The molecule has 10 nitrogen and oxygen atoms in total. The number of benzene rings is 1. The van der Waals surface area contributed by atoms with E-state index in [1.54, 1.807) is 14.2 Å². The number of rotatable bonds is 7. The van der Waals surface area contributed by atoms with Crippen LogP contribution in [-0.2, 0) is 4.74 Å². The van der Waals surface area contributed by atoms with Gasteiger partial charge in [0.15, 0.2) is 17.2 Å². The highest BCUT2D eigenvalue weighted by atomic mass is 32.1. The van der Waals surface area contributed by atoms with Crippen molar-refractivity contribution in [2.75, 3.05) is 39.4 Å². The number of ether oxygens (including phenoxy) is 4. The molecule has 0 aliphatic carbocycles. The normalized spacial score (nSPS) is 15.1. The maximum atomic E-state index is 12.8. The number of carbonyl (C=O) groups excluding carboxylic acids is 1. The van der Waals surface area contributed by atoms with E-state index in [9.17, 15) is 4.79 Å². The quantitative estimate of drug-likeness (QED) is 0.613. The van der Waals surface area contributed by atoms with Crippen molar-refractivity contribution in [3.63, 3.8) is 0 Å². The first-order chi connectivity index (χ1) is 13.5. The van der Waals surface area contributed by atoms with Crippen LogP contribution in [0.2, 0.25) is 0 Å². The van der Waals surface area contributed by atoms with Gasteiger partial charge in [0.2, 0.25) is 0 Å². The zero-order valence-corrected chi connectivity index (χ0v) is 16.4. The Kier molecular flexibility index (Phi) is 4.77. The van der Waals surface area contributed by atoms with Crippen molar-refractivity contribution in [3.8, 4) is 17.2 Å². The molecule has 1 saturated heterocycles. The molecule has 3 aromatic rings. The second-order valence-corrected chi connectivity index (χ2v) is 7.80. The molecule has 1 amide bonds. The number of hydrogen-bond acceptors (Lipinski definition) is 9. The monoisotopic (exact) mass is 405 g/mol. The van der Waals surface area contributed by atoms with Crippen molar-refractivity contribution in [2.45, 2.75) is 6.92 Å². The van der Waals surface area contributed by atoms with Gasteiger partial charge >= 0.3 is 0 Å². The number of amides is 1. The lowest BCUT2D eigenvalue weighted by atomic mass is 9.90. The standard InChI is InChI=1S/C17H19N5O5S/c1-17(6-26-7-17)8-27-13-9-4-10(24-2)11(25-3)5-12(9)28-14(13)15(23)18-16-19-21-22-20-16/h4-5H,6-8H2,1-3H3,(H2,18,19,20,21,22,23). The zero-order valence-electron chi connectivity index (χ0n) is 15.6. The Balaban J connectivity index is 1.74. The predicted octanol–water partition coefficient (Wildman–Crippen LogP) is 2.10. The van der Waals surface area contributed by atoms with Gasteiger partial charge in [-0.3, -0.25) is 10.1 Å². The van der Waals surface area contributed by atoms with Gasteiger partial charge in [-0.25, -0.2) is 0 Å². The molecule has 4 rings (SSSR count). The van der Waals surface area contributed by atoms with E-state index in [4.69, 9.17) is 18.9 Å². The summed E-state index contributed by atoms with van der Waals surface area (Å²) in [4.78, 5) is 13.2. The molecule has 1 aliphatic rings. The van der Waals surface area contributed by atoms with E-state index in [-0.39, 0.29) is 17.3 Å². The summed E-state index contributed by atoms with van der Waals surface area (Å²) in [5, 5.41) is 16.6. The van der Waals surface area contributed by atoms with E-state index in [1.165, 1.54) is 11.3 Å². The molecular weight excluding hydrogens is 386 g/mol. The number of nitrogens with one attached hydrogen (secondary N) is 2. The van der Waals surface area contributed by atoms with Gasteiger partial charge in [0, 0.05) is 21.6 Å². The van der Waals surface area contributed by atoms with Crippen molar-refractivity contribution in [1.82, 2.24) is 20.6 Å². The Hall–Kier alpha value is -2.92. The van der Waals surface area contributed by atoms with E-state index in [0.29, 0.717) is 41.9 Å². The highest BCUT2D eigenvalue weighted by Crippen LogP contribution is 2.44. The van der Waals surface area contributed by atoms with Crippen LogP contribution < -0.4 is 19.5 Å². The molecule has 0 radical (unpaired) electrons. The van der Waals surface area contributed by atoms with Gasteiger partial charge in [0.05, 0.1) is 34.0 Å². The van der Waals surface area contributed by atoms with Crippen molar-refractivity contribution in [1.29, 1.82) is 0 Å². The van der Waals surface area contributed by atoms with Gasteiger partial charge in [-0.2, -0.15) is 5.21 Å². The molecule has 28 heavy (non-hydrogen) atoms. The molecule has 0 unspecified atom stereocenters. The van der Waals surface area contributed by atoms with Crippen LogP contribution in [0, 0.1) is 5.41 Å². The van der Waals surface area contributed by atoms with Crippen molar-refractivity contribution >= 4 is 33.3 Å². The maximum absolute atomic E-state index is 12.8. The van der Waals surface area contributed by atoms with Crippen molar-refractivity contribution < 1.29 is 23.7 Å². The Morgan fingerprint density at radius 1 is 1.32 bits per heavy atom. The Labute approximate surface area is 164 Å². The van der Waals surface area contributed by atoms with Gasteiger partial charge in [-0.15, -0.1) is 16.4 Å².